The van der Waals surface area contributed by atoms with E-state index < -0.39 is 0 Å². The summed E-state index contributed by atoms with van der Waals surface area (Å²) in [6, 6.07) is 12.8. The molecule has 0 radical (unpaired) electrons. The van der Waals surface area contributed by atoms with Crippen molar-refractivity contribution >= 4 is 46.2 Å². The topological polar surface area (TPSA) is 76.3 Å². The molecule has 0 saturated carbocycles. The van der Waals surface area contributed by atoms with Crippen LogP contribution in [0.4, 0.5) is 5.69 Å². The molecule has 1 saturated heterocycles. The quantitative estimate of drug-likeness (QED) is 0.513. The molecular weight excluding hydrogens is 372 g/mol. The van der Waals surface area contributed by atoms with Crippen molar-refractivity contribution in [2.75, 3.05) is 4.90 Å². The van der Waals surface area contributed by atoms with Crippen molar-refractivity contribution in [3.8, 4) is 0 Å². The number of halogens is 1. The van der Waals surface area contributed by atoms with Crippen LogP contribution in [0.25, 0.3) is 6.08 Å². The summed E-state index contributed by atoms with van der Waals surface area (Å²) in [6.07, 6.45) is 6.31. The lowest BCUT2D eigenvalue weighted by Gasteiger charge is -2.15. The Morgan fingerprint density at radius 1 is 1.08 bits per heavy atom. The van der Waals surface area contributed by atoms with Crippen LogP contribution in [0.15, 0.2) is 71.3 Å². The molecule has 1 aliphatic rings. The first-order chi connectivity index (χ1) is 12.7. The predicted molar refractivity (Wildman–Crippen MR) is 102 cm³/mol. The zero-order chi connectivity index (χ0) is 17.9. The molecule has 3 aromatic rings. The highest BCUT2D eigenvalue weighted by Gasteiger charge is 2.35. The van der Waals surface area contributed by atoms with Crippen molar-refractivity contribution in [3.05, 3.63) is 76.9 Å². The zero-order valence-electron chi connectivity index (χ0n) is 13.2. The van der Waals surface area contributed by atoms with Crippen LogP contribution in [-0.4, -0.2) is 30.9 Å². The molecule has 1 aliphatic heterocycles. The number of aromatic nitrogens is 4. The Kier molecular flexibility index (Phi) is 4.51. The number of thioether (sulfide) groups is 1. The van der Waals surface area contributed by atoms with E-state index in [9.17, 15) is 4.79 Å². The minimum atomic E-state index is -0.164. The van der Waals surface area contributed by atoms with Crippen LogP contribution >= 0.6 is 23.4 Å². The lowest BCUT2D eigenvalue weighted by molar-refractivity contribution is -0.113. The fraction of sp³-hybridized carbons (Fsp3) is 0. The Morgan fingerprint density at radius 2 is 1.85 bits per heavy atom. The van der Waals surface area contributed by atoms with Crippen molar-refractivity contribution in [3.63, 3.8) is 0 Å². The first kappa shape index (κ1) is 16.5. The number of anilines is 1. The molecule has 0 spiro atoms. The summed E-state index contributed by atoms with van der Waals surface area (Å²) < 4.78 is 1.46. The molecule has 0 aliphatic carbocycles. The van der Waals surface area contributed by atoms with Crippen LogP contribution < -0.4 is 4.90 Å². The molecule has 1 amide bonds. The van der Waals surface area contributed by atoms with Crippen molar-refractivity contribution in [1.82, 2.24) is 19.9 Å². The van der Waals surface area contributed by atoms with Gasteiger partial charge in [-0.25, -0.2) is 9.66 Å². The van der Waals surface area contributed by atoms with Crippen LogP contribution in [0.2, 0.25) is 5.15 Å². The summed E-state index contributed by atoms with van der Waals surface area (Å²) in [5.41, 5.74) is 1.51. The standard InChI is InChI=1S/C17H11ClN6OS/c18-15-7-6-12(9-19-15)8-14-16(25)24(13-4-2-1-3-5-13)17(26-14)22-23-10-20-21-11-23/h1-11H/b14-8-,22-17+. The minimum Gasteiger partial charge on any atom is -0.268 e. The molecule has 0 N–H and O–H groups in total. The van der Waals surface area contributed by atoms with Crippen LogP contribution in [0, 0.1) is 0 Å². The van der Waals surface area contributed by atoms with Gasteiger partial charge in [-0.1, -0.05) is 35.9 Å². The van der Waals surface area contributed by atoms with Gasteiger partial charge in [0.25, 0.3) is 5.91 Å². The van der Waals surface area contributed by atoms with Gasteiger partial charge in [0.2, 0.25) is 5.17 Å². The molecule has 1 fully saturated rings. The number of pyridine rings is 1. The Hall–Kier alpha value is -2.97. The number of amides is 1. The van der Waals surface area contributed by atoms with Gasteiger partial charge in [0, 0.05) is 6.20 Å². The monoisotopic (exact) mass is 382 g/mol. The van der Waals surface area contributed by atoms with Gasteiger partial charge < -0.3 is 0 Å². The molecule has 9 heteroatoms. The molecule has 3 heterocycles. The highest BCUT2D eigenvalue weighted by Crippen LogP contribution is 2.35. The maximum atomic E-state index is 13.0. The van der Waals surface area contributed by atoms with E-state index in [4.69, 9.17) is 11.6 Å². The third-order valence-electron chi connectivity index (χ3n) is 3.48. The van der Waals surface area contributed by atoms with Gasteiger partial charge in [-0.05, 0) is 41.6 Å². The predicted octanol–water partition coefficient (Wildman–Crippen LogP) is 3.27. The summed E-state index contributed by atoms with van der Waals surface area (Å²) >= 11 is 7.09. The van der Waals surface area contributed by atoms with Gasteiger partial charge in [-0.15, -0.1) is 15.3 Å². The van der Waals surface area contributed by atoms with E-state index in [1.807, 2.05) is 30.3 Å². The van der Waals surface area contributed by atoms with Crippen molar-refractivity contribution in [1.29, 1.82) is 0 Å². The second kappa shape index (κ2) is 7.11. The number of hydrogen-bond donors (Lipinski definition) is 0. The number of amidine groups is 1. The lowest BCUT2D eigenvalue weighted by atomic mass is 10.2. The van der Waals surface area contributed by atoms with Crippen molar-refractivity contribution < 1.29 is 4.79 Å². The number of carbonyl (C=O) groups excluding carboxylic acids is 1. The molecule has 0 bridgehead atoms. The molecular formula is C17H11ClN6OS. The lowest BCUT2D eigenvalue weighted by Crippen LogP contribution is -2.29. The average molecular weight is 383 g/mol. The molecule has 7 nitrogen and oxygen atoms in total. The summed E-state index contributed by atoms with van der Waals surface area (Å²) in [4.78, 5) is 19.1. The van der Waals surface area contributed by atoms with Crippen LogP contribution in [0.5, 0.6) is 0 Å². The molecule has 1 aromatic carbocycles. The SMILES string of the molecule is O=C1/C(=C/c2ccc(Cl)nc2)S/C(=N/n2cnnc2)N1c1ccccc1. The van der Waals surface area contributed by atoms with Gasteiger partial charge in [0.15, 0.2) is 0 Å². The molecule has 0 unspecified atom stereocenters. The molecule has 128 valence electrons. The molecule has 26 heavy (non-hydrogen) atoms. The normalized spacial score (nSPS) is 17.4. The maximum Gasteiger partial charge on any atom is 0.271 e. The number of benzene rings is 1. The third-order valence-corrected chi connectivity index (χ3v) is 4.66. The summed E-state index contributed by atoms with van der Waals surface area (Å²) in [5.74, 6) is -0.164. The van der Waals surface area contributed by atoms with E-state index in [2.05, 4.69) is 20.3 Å². The summed E-state index contributed by atoms with van der Waals surface area (Å²) in [5, 5.41) is 12.8. The van der Waals surface area contributed by atoms with Gasteiger partial charge in [-0.2, -0.15) is 0 Å². The Labute approximate surface area is 158 Å². The van der Waals surface area contributed by atoms with Gasteiger partial charge in [0.05, 0.1) is 10.6 Å². The van der Waals surface area contributed by atoms with Gasteiger partial charge >= 0.3 is 0 Å². The van der Waals surface area contributed by atoms with Gasteiger partial charge in [0.1, 0.15) is 17.8 Å². The van der Waals surface area contributed by atoms with E-state index in [0.29, 0.717) is 15.2 Å². The summed E-state index contributed by atoms with van der Waals surface area (Å²) in [7, 11) is 0. The van der Waals surface area contributed by atoms with E-state index in [1.54, 1.807) is 29.3 Å². The summed E-state index contributed by atoms with van der Waals surface area (Å²) in [6.45, 7) is 0. The first-order valence-corrected chi connectivity index (χ1v) is 8.74. The number of para-hydroxylation sites is 1. The first-order valence-electron chi connectivity index (χ1n) is 7.55. The smallest absolute Gasteiger partial charge is 0.268 e. The molecule has 4 rings (SSSR count). The third kappa shape index (κ3) is 3.37. The Balaban J connectivity index is 1.75. The second-order valence-electron chi connectivity index (χ2n) is 5.23. The van der Waals surface area contributed by atoms with Crippen LogP contribution in [-0.2, 0) is 4.79 Å². The Bertz CT molecular complexity index is 986. The average Bonchev–Trinajstić information content (AvgIpc) is 3.27. The fourth-order valence-electron chi connectivity index (χ4n) is 2.32. The van der Waals surface area contributed by atoms with Crippen LogP contribution in [0.1, 0.15) is 5.56 Å². The largest absolute Gasteiger partial charge is 0.271 e. The van der Waals surface area contributed by atoms with E-state index in [1.165, 1.54) is 29.1 Å². The van der Waals surface area contributed by atoms with Crippen molar-refractivity contribution in [2.45, 2.75) is 0 Å². The van der Waals surface area contributed by atoms with Crippen molar-refractivity contribution in [2.24, 2.45) is 5.10 Å². The van der Waals surface area contributed by atoms with Gasteiger partial charge in [-0.3, -0.25) is 9.69 Å². The maximum absolute atomic E-state index is 13.0. The fourth-order valence-corrected chi connectivity index (χ4v) is 3.41. The number of nitrogens with zero attached hydrogens (tertiary/aromatic N) is 6. The second-order valence-corrected chi connectivity index (χ2v) is 6.62. The Morgan fingerprint density at radius 3 is 2.54 bits per heavy atom. The van der Waals surface area contributed by atoms with E-state index in [-0.39, 0.29) is 5.91 Å². The molecule has 2 aromatic heterocycles. The van der Waals surface area contributed by atoms with E-state index >= 15 is 0 Å². The number of carbonyl (C=O) groups is 1. The van der Waals surface area contributed by atoms with Crippen LogP contribution in [0.3, 0.4) is 0 Å². The highest BCUT2D eigenvalue weighted by molar-refractivity contribution is 8.19. The zero-order valence-corrected chi connectivity index (χ0v) is 14.8. The molecule has 0 atom stereocenters. The minimum absolute atomic E-state index is 0.164. The highest BCUT2D eigenvalue weighted by atomic mass is 35.5. The number of hydrogen-bond acceptors (Lipinski definition) is 6. The van der Waals surface area contributed by atoms with E-state index in [0.717, 1.165) is 11.3 Å². The number of rotatable bonds is 3.